The van der Waals surface area contributed by atoms with E-state index in [2.05, 4.69) is 0 Å². The second kappa shape index (κ2) is 4.12. The van der Waals surface area contributed by atoms with E-state index in [1.54, 1.807) is 0 Å². The molecule has 0 bridgehead atoms. The lowest BCUT2D eigenvalue weighted by Gasteiger charge is -1.99. The van der Waals surface area contributed by atoms with Crippen LogP contribution in [0.2, 0.25) is 0 Å². The standard InChI is InChI=1S/C10H10F2O/c1-7(13)2-3-8-4-5-9(11)10(12)6-8/h4-6H,2-3H2,1H3. The fourth-order valence-electron chi connectivity index (χ4n) is 1.02. The molecule has 0 heterocycles. The molecule has 1 nitrogen and oxygen atoms in total. The summed E-state index contributed by atoms with van der Waals surface area (Å²) in [4.78, 5) is 10.6. The van der Waals surface area contributed by atoms with Crippen molar-refractivity contribution in [3.05, 3.63) is 35.4 Å². The van der Waals surface area contributed by atoms with Crippen LogP contribution in [0.4, 0.5) is 8.78 Å². The Morgan fingerprint density at radius 2 is 2.00 bits per heavy atom. The number of hydrogen-bond acceptors (Lipinski definition) is 1. The van der Waals surface area contributed by atoms with Gasteiger partial charge in [0.15, 0.2) is 11.6 Å². The average Bonchev–Trinajstić information content (AvgIpc) is 2.07. The van der Waals surface area contributed by atoms with E-state index in [9.17, 15) is 13.6 Å². The zero-order chi connectivity index (χ0) is 9.84. The molecule has 0 fully saturated rings. The minimum absolute atomic E-state index is 0.0460. The number of Topliss-reactive ketones (excluding diaryl/α,β-unsaturated/α-hetero) is 1. The maximum Gasteiger partial charge on any atom is 0.159 e. The van der Waals surface area contributed by atoms with Crippen LogP contribution in [-0.4, -0.2) is 5.78 Å². The van der Waals surface area contributed by atoms with Crippen molar-refractivity contribution in [2.24, 2.45) is 0 Å². The minimum Gasteiger partial charge on any atom is -0.300 e. The Balaban J connectivity index is 2.68. The van der Waals surface area contributed by atoms with Crippen LogP contribution in [0.1, 0.15) is 18.9 Å². The lowest BCUT2D eigenvalue weighted by atomic mass is 10.1. The van der Waals surface area contributed by atoms with Crippen molar-refractivity contribution >= 4 is 5.78 Å². The van der Waals surface area contributed by atoms with Crippen LogP contribution in [-0.2, 0) is 11.2 Å². The number of carbonyl (C=O) groups is 1. The van der Waals surface area contributed by atoms with Crippen molar-refractivity contribution in [1.29, 1.82) is 0 Å². The van der Waals surface area contributed by atoms with Gasteiger partial charge >= 0.3 is 0 Å². The molecule has 1 aromatic carbocycles. The summed E-state index contributed by atoms with van der Waals surface area (Å²) in [6, 6.07) is 3.68. The Kier molecular flexibility index (Phi) is 3.12. The molecule has 0 spiro atoms. The largest absolute Gasteiger partial charge is 0.300 e. The zero-order valence-corrected chi connectivity index (χ0v) is 7.31. The predicted octanol–water partition coefficient (Wildman–Crippen LogP) is 2.49. The molecule has 0 saturated heterocycles. The van der Waals surface area contributed by atoms with Crippen LogP contribution in [0.5, 0.6) is 0 Å². The molecule has 0 saturated carbocycles. The summed E-state index contributed by atoms with van der Waals surface area (Å²) in [5.74, 6) is -1.67. The minimum atomic E-state index is -0.860. The van der Waals surface area contributed by atoms with E-state index in [1.165, 1.54) is 13.0 Å². The van der Waals surface area contributed by atoms with Gasteiger partial charge in [0.1, 0.15) is 5.78 Å². The average molecular weight is 184 g/mol. The summed E-state index contributed by atoms with van der Waals surface area (Å²) in [5, 5.41) is 0. The second-order valence-corrected chi connectivity index (χ2v) is 2.95. The van der Waals surface area contributed by atoms with E-state index in [0.29, 0.717) is 18.4 Å². The number of benzene rings is 1. The van der Waals surface area contributed by atoms with Crippen LogP contribution in [0.25, 0.3) is 0 Å². The van der Waals surface area contributed by atoms with Gasteiger partial charge < -0.3 is 4.79 Å². The van der Waals surface area contributed by atoms with Crippen LogP contribution in [0, 0.1) is 11.6 Å². The molecule has 0 aliphatic heterocycles. The van der Waals surface area contributed by atoms with E-state index in [1.807, 2.05) is 0 Å². The highest BCUT2D eigenvalue weighted by molar-refractivity contribution is 5.75. The van der Waals surface area contributed by atoms with Crippen molar-refractivity contribution in [2.45, 2.75) is 19.8 Å². The Labute approximate surface area is 75.4 Å². The van der Waals surface area contributed by atoms with Crippen LogP contribution >= 0.6 is 0 Å². The monoisotopic (exact) mass is 184 g/mol. The molecule has 1 aromatic rings. The molecular weight excluding hydrogens is 174 g/mol. The quantitative estimate of drug-likeness (QED) is 0.705. The molecule has 0 atom stereocenters. The first kappa shape index (κ1) is 9.84. The van der Waals surface area contributed by atoms with E-state index in [-0.39, 0.29) is 5.78 Å². The predicted molar refractivity (Wildman–Crippen MR) is 45.4 cm³/mol. The molecule has 0 radical (unpaired) electrons. The van der Waals surface area contributed by atoms with Gasteiger partial charge in [0.05, 0.1) is 0 Å². The van der Waals surface area contributed by atoms with E-state index in [0.717, 1.165) is 12.1 Å². The lowest BCUT2D eigenvalue weighted by molar-refractivity contribution is -0.116. The summed E-state index contributed by atoms with van der Waals surface area (Å²) >= 11 is 0. The highest BCUT2D eigenvalue weighted by Crippen LogP contribution is 2.10. The van der Waals surface area contributed by atoms with Gasteiger partial charge in [-0.05, 0) is 31.0 Å². The Morgan fingerprint density at radius 1 is 1.31 bits per heavy atom. The van der Waals surface area contributed by atoms with E-state index < -0.39 is 11.6 Å². The number of rotatable bonds is 3. The van der Waals surface area contributed by atoms with Gasteiger partial charge in [0.2, 0.25) is 0 Å². The van der Waals surface area contributed by atoms with E-state index >= 15 is 0 Å². The SMILES string of the molecule is CC(=O)CCc1ccc(F)c(F)c1. The lowest BCUT2D eigenvalue weighted by Crippen LogP contribution is -1.95. The Hall–Kier alpha value is -1.25. The topological polar surface area (TPSA) is 17.1 Å². The van der Waals surface area contributed by atoms with Crippen LogP contribution < -0.4 is 0 Å². The molecule has 0 unspecified atom stereocenters. The van der Waals surface area contributed by atoms with Gasteiger partial charge in [0.25, 0.3) is 0 Å². The van der Waals surface area contributed by atoms with Crippen molar-refractivity contribution in [3.8, 4) is 0 Å². The molecule has 0 amide bonds. The zero-order valence-electron chi connectivity index (χ0n) is 7.31. The normalized spacial score (nSPS) is 10.1. The molecule has 70 valence electrons. The number of carbonyl (C=O) groups excluding carboxylic acids is 1. The molecular formula is C10H10F2O. The highest BCUT2D eigenvalue weighted by atomic mass is 19.2. The number of aryl methyl sites for hydroxylation is 1. The summed E-state index contributed by atoms with van der Waals surface area (Å²) in [5.41, 5.74) is 0.647. The first-order valence-electron chi connectivity index (χ1n) is 4.03. The molecule has 0 N–H and O–H groups in total. The molecule has 13 heavy (non-hydrogen) atoms. The molecule has 0 aliphatic rings. The maximum absolute atomic E-state index is 12.6. The first-order chi connectivity index (χ1) is 6.09. The van der Waals surface area contributed by atoms with Gasteiger partial charge in [-0.3, -0.25) is 0 Å². The fourth-order valence-corrected chi connectivity index (χ4v) is 1.02. The van der Waals surface area contributed by atoms with Gasteiger partial charge in [0, 0.05) is 6.42 Å². The molecule has 3 heteroatoms. The smallest absolute Gasteiger partial charge is 0.159 e. The van der Waals surface area contributed by atoms with Gasteiger partial charge in [-0.15, -0.1) is 0 Å². The van der Waals surface area contributed by atoms with Crippen molar-refractivity contribution in [1.82, 2.24) is 0 Å². The van der Waals surface area contributed by atoms with Crippen LogP contribution in [0.3, 0.4) is 0 Å². The number of ketones is 1. The van der Waals surface area contributed by atoms with Gasteiger partial charge in [-0.2, -0.15) is 0 Å². The van der Waals surface area contributed by atoms with Crippen molar-refractivity contribution in [2.75, 3.05) is 0 Å². The van der Waals surface area contributed by atoms with Crippen molar-refractivity contribution < 1.29 is 13.6 Å². The molecule has 0 aliphatic carbocycles. The third-order valence-corrected chi connectivity index (χ3v) is 1.75. The summed E-state index contributed by atoms with van der Waals surface area (Å²) in [7, 11) is 0. The number of halogens is 2. The summed E-state index contributed by atoms with van der Waals surface area (Å²) in [6.07, 6.45) is 0.831. The van der Waals surface area contributed by atoms with Gasteiger partial charge in [-0.25, -0.2) is 8.78 Å². The maximum atomic E-state index is 12.6. The first-order valence-corrected chi connectivity index (χ1v) is 4.03. The molecule has 1 rings (SSSR count). The van der Waals surface area contributed by atoms with E-state index in [4.69, 9.17) is 0 Å². The summed E-state index contributed by atoms with van der Waals surface area (Å²) in [6.45, 7) is 1.47. The third-order valence-electron chi connectivity index (χ3n) is 1.75. The highest BCUT2D eigenvalue weighted by Gasteiger charge is 2.02. The Bertz CT molecular complexity index is 321. The third kappa shape index (κ3) is 2.93. The van der Waals surface area contributed by atoms with Gasteiger partial charge in [-0.1, -0.05) is 6.07 Å². The fraction of sp³-hybridized carbons (Fsp3) is 0.300. The number of hydrogen-bond donors (Lipinski definition) is 0. The van der Waals surface area contributed by atoms with Crippen LogP contribution in [0.15, 0.2) is 18.2 Å². The summed E-state index contributed by atoms with van der Waals surface area (Å²) < 4.78 is 25.1. The Morgan fingerprint density at radius 3 is 2.54 bits per heavy atom. The van der Waals surface area contributed by atoms with Crippen molar-refractivity contribution in [3.63, 3.8) is 0 Å². The molecule has 0 aromatic heterocycles. The second-order valence-electron chi connectivity index (χ2n) is 2.95.